The second-order valence-electron chi connectivity index (χ2n) is 7.38. The molecule has 1 fully saturated rings. The van der Waals surface area contributed by atoms with Gasteiger partial charge in [-0.15, -0.1) is 0 Å². The van der Waals surface area contributed by atoms with Crippen LogP contribution < -0.4 is 11.0 Å². The summed E-state index contributed by atoms with van der Waals surface area (Å²) >= 11 is 0. The molecule has 4 nitrogen and oxygen atoms in total. The highest BCUT2D eigenvalue weighted by Gasteiger charge is 2.51. The molecule has 1 aromatic heterocycles. The van der Waals surface area contributed by atoms with E-state index in [1.165, 1.54) is 0 Å². The normalized spacial score (nSPS) is 20.1. The molecule has 0 spiro atoms. The molecule has 0 amide bonds. The molecule has 1 unspecified atom stereocenters. The molecule has 1 aliphatic heterocycles. The van der Waals surface area contributed by atoms with E-state index in [9.17, 15) is 4.79 Å². The molecule has 1 aliphatic rings. The van der Waals surface area contributed by atoms with E-state index in [2.05, 4.69) is 0 Å². The first-order valence-electron chi connectivity index (χ1n) is 8.34. The van der Waals surface area contributed by atoms with Gasteiger partial charge in [0.25, 0.3) is 5.56 Å². The second kappa shape index (κ2) is 5.90. The van der Waals surface area contributed by atoms with Crippen LogP contribution in [0.2, 0.25) is 0 Å². The summed E-state index contributed by atoms with van der Waals surface area (Å²) in [4.78, 5) is 12.3. The summed E-state index contributed by atoms with van der Waals surface area (Å²) in [6, 6.07) is 13.3. The smallest absolute Gasteiger partial charge is 0.399 e. The molecule has 0 N–H and O–H groups in total. The zero-order chi connectivity index (χ0) is 17.5. The van der Waals surface area contributed by atoms with Crippen LogP contribution in [0.5, 0.6) is 0 Å². The van der Waals surface area contributed by atoms with Crippen molar-refractivity contribution >= 4 is 12.6 Å². The van der Waals surface area contributed by atoms with Gasteiger partial charge in [-0.1, -0.05) is 36.4 Å². The van der Waals surface area contributed by atoms with Crippen molar-refractivity contribution < 1.29 is 9.31 Å². The van der Waals surface area contributed by atoms with Gasteiger partial charge < -0.3 is 13.9 Å². The van der Waals surface area contributed by atoms with Crippen LogP contribution in [0, 0.1) is 0 Å². The molecule has 1 aromatic carbocycles. The molecule has 1 atom stereocenters. The molecule has 0 aliphatic carbocycles. The lowest BCUT2D eigenvalue weighted by Gasteiger charge is -2.32. The van der Waals surface area contributed by atoms with Crippen molar-refractivity contribution in [3.05, 3.63) is 64.6 Å². The third kappa shape index (κ3) is 2.94. The average molecular weight is 325 g/mol. The Bertz CT molecular complexity index is 767. The minimum atomic E-state index is -0.468. The van der Waals surface area contributed by atoms with Gasteiger partial charge in [0, 0.05) is 12.3 Å². The number of pyridine rings is 1. The molecular formula is C19H24BNO3. The van der Waals surface area contributed by atoms with Gasteiger partial charge in [-0.25, -0.2) is 0 Å². The molecule has 0 saturated carbocycles. The van der Waals surface area contributed by atoms with E-state index in [1.807, 2.05) is 71.1 Å². The van der Waals surface area contributed by atoms with Crippen LogP contribution in [0.15, 0.2) is 53.5 Å². The molecule has 126 valence electrons. The van der Waals surface area contributed by atoms with Crippen LogP contribution in [0.1, 0.15) is 46.2 Å². The van der Waals surface area contributed by atoms with Crippen molar-refractivity contribution in [1.82, 2.24) is 4.57 Å². The molecule has 2 aromatic rings. The predicted octanol–water partition coefficient (Wildman–Crippen LogP) is 2.76. The van der Waals surface area contributed by atoms with Crippen molar-refractivity contribution in [2.75, 3.05) is 0 Å². The first-order valence-corrected chi connectivity index (χ1v) is 8.34. The lowest BCUT2D eigenvalue weighted by molar-refractivity contribution is 0.00578. The van der Waals surface area contributed by atoms with Gasteiger partial charge in [-0.2, -0.15) is 0 Å². The number of rotatable bonds is 3. The summed E-state index contributed by atoms with van der Waals surface area (Å²) in [7, 11) is -0.468. The molecule has 24 heavy (non-hydrogen) atoms. The Labute approximate surface area is 143 Å². The van der Waals surface area contributed by atoms with Gasteiger partial charge in [0.1, 0.15) is 0 Å². The highest BCUT2D eigenvalue weighted by molar-refractivity contribution is 6.62. The Morgan fingerprint density at radius 3 is 2.12 bits per heavy atom. The predicted molar refractivity (Wildman–Crippen MR) is 96.7 cm³/mol. The Kier molecular flexibility index (Phi) is 4.18. The lowest BCUT2D eigenvalue weighted by atomic mass is 9.80. The first kappa shape index (κ1) is 17.0. The van der Waals surface area contributed by atoms with E-state index in [0.717, 1.165) is 11.0 Å². The number of aromatic nitrogens is 1. The van der Waals surface area contributed by atoms with Gasteiger partial charge in [0.05, 0.1) is 17.2 Å². The SMILES string of the molecule is CC(c1ccccc1)n1cc(B2OC(C)(C)C(C)(C)O2)ccc1=O. The topological polar surface area (TPSA) is 40.5 Å². The molecule has 2 heterocycles. The zero-order valence-corrected chi connectivity index (χ0v) is 14.9. The van der Waals surface area contributed by atoms with Gasteiger partial charge in [-0.3, -0.25) is 4.79 Å². The van der Waals surface area contributed by atoms with Crippen LogP contribution in [0.4, 0.5) is 0 Å². The largest absolute Gasteiger partial charge is 0.496 e. The quantitative estimate of drug-likeness (QED) is 0.815. The van der Waals surface area contributed by atoms with E-state index >= 15 is 0 Å². The molecule has 0 radical (unpaired) electrons. The van der Waals surface area contributed by atoms with E-state index in [1.54, 1.807) is 16.7 Å². The van der Waals surface area contributed by atoms with Crippen molar-refractivity contribution in [1.29, 1.82) is 0 Å². The summed E-state index contributed by atoms with van der Waals surface area (Å²) in [5.41, 5.74) is 1.11. The summed E-state index contributed by atoms with van der Waals surface area (Å²) < 4.78 is 13.9. The number of nitrogens with zero attached hydrogens (tertiary/aromatic N) is 1. The molecule has 3 rings (SSSR count). The summed E-state index contributed by atoms with van der Waals surface area (Å²) in [5.74, 6) is 0. The standard InChI is InChI=1S/C19H24BNO3/c1-14(15-9-7-6-8-10-15)21-13-16(11-12-17(21)22)20-23-18(2,3)19(4,5)24-20/h6-14H,1-5H3. The van der Waals surface area contributed by atoms with E-state index < -0.39 is 18.3 Å². The third-order valence-electron chi connectivity index (χ3n) is 5.19. The Hall–Kier alpha value is -1.85. The molecule has 1 saturated heterocycles. The van der Waals surface area contributed by atoms with Crippen LogP contribution in [0.3, 0.4) is 0 Å². The average Bonchev–Trinajstić information content (AvgIpc) is 2.76. The molecule has 0 bridgehead atoms. The Morgan fingerprint density at radius 2 is 1.54 bits per heavy atom. The fourth-order valence-corrected chi connectivity index (χ4v) is 2.83. The Morgan fingerprint density at radius 1 is 0.958 bits per heavy atom. The van der Waals surface area contributed by atoms with E-state index in [-0.39, 0.29) is 11.6 Å². The maximum atomic E-state index is 12.3. The van der Waals surface area contributed by atoms with Crippen LogP contribution in [-0.4, -0.2) is 22.9 Å². The second-order valence-corrected chi connectivity index (χ2v) is 7.38. The maximum Gasteiger partial charge on any atom is 0.496 e. The minimum Gasteiger partial charge on any atom is -0.399 e. The fourth-order valence-electron chi connectivity index (χ4n) is 2.83. The highest BCUT2D eigenvalue weighted by atomic mass is 16.7. The monoisotopic (exact) mass is 325 g/mol. The van der Waals surface area contributed by atoms with Crippen molar-refractivity contribution in [2.24, 2.45) is 0 Å². The lowest BCUT2D eigenvalue weighted by Crippen LogP contribution is -2.41. The summed E-state index contributed by atoms with van der Waals surface area (Å²) in [6.45, 7) is 10.1. The molecule has 5 heteroatoms. The van der Waals surface area contributed by atoms with Gasteiger partial charge >= 0.3 is 7.12 Å². The maximum absolute atomic E-state index is 12.3. The Balaban J connectivity index is 1.95. The summed E-state index contributed by atoms with van der Waals surface area (Å²) in [6.07, 6.45) is 1.85. The summed E-state index contributed by atoms with van der Waals surface area (Å²) in [5, 5.41) is 0. The zero-order valence-electron chi connectivity index (χ0n) is 14.9. The van der Waals surface area contributed by atoms with Crippen molar-refractivity contribution in [2.45, 2.75) is 51.9 Å². The van der Waals surface area contributed by atoms with Gasteiger partial charge in [-0.05, 0) is 45.6 Å². The number of hydrogen-bond donors (Lipinski definition) is 0. The van der Waals surface area contributed by atoms with Crippen LogP contribution in [0.25, 0.3) is 0 Å². The van der Waals surface area contributed by atoms with Gasteiger partial charge in [0.15, 0.2) is 0 Å². The van der Waals surface area contributed by atoms with Crippen LogP contribution >= 0.6 is 0 Å². The van der Waals surface area contributed by atoms with Crippen LogP contribution in [-0.2, 0) is 9.31 Å². The van der Waals surface area contributed by atoms with Crippen molar-refractivity contribution in [3.8, 4) is 0 Å². The highest BCUT2D eigenvalue weighted by Crippen LogP contribution is 2.36. The van der Waals surface area contributed by atoms with E-state index in [0.29, 0.717) is 0 Å². The number of hydrogen-bond acceptors (Lipinski definition) is 3. The van der Waals surface area contributed by atoms with E-state index in [4.69, 9.17) is 9.31 Å². The number of benzene rings is 1. The fraction of sp³-hybridized carbons (Fsp3) is 0.421. The first-order chi connectivity index (χ1) is 11.2. The van der Waals surface area contributed by atoms with Gasteiger partial charge in [0.2, 0.25) is 0 Å². The minimum absolute atomic E-state index is 0.0355. The van der Waals surface area contributed by atoms with Crippen molar-refractivity contribution in [3.63, 3.8) is 0 Å². The third-order valence-corrected chi connectivity index (χ3v) is 5.19. The molecular weight excluding hydrogens is 301 g/mol.